The maximum Gasteiger partial charge on any atom is 0.273 e. The third kappa shape index (κ3) is 3.07. The van der Waals surface area contributed by atoms with E-state index in [1.807, 2.05) is 37.3 Å². The molecule has 1 amide bonds. The summed E-state index contributed by atoms with van der Waals surface area (Å²) in [4.78, 5) is 12.5. The first-order valence-electron chi connectivity index (χ1n) is 8.23. The summed E-state index contributed by atoms with van der Waals surface area (Å²) in [6, 6.07) is 21.3. The number of nitrogens with one attached hydrogen (secondary N) is 2. The lowest BCUT2D eigenvalue weighted by Gasteiger charge is -2.07. The molecule has 0 atom stereocenters. The summed E-state index contributed by atoms with van der Waals surface area (Å²) in [6.45, 7) is 1.90. The molecule has 128 valence electrons. The van der Waals surface area contributed by atoms with Crippen LogP contribution in [0.25, 0.3) is 22.0 Å². The van der Waals surface area contributed by atoms with Crippen molar-refractivity contribution in [1.29, 1.82) is 0 Å². The van der Waals surface area contributed by atoms with Gasteiger partial charge in [0, 0.05) is 16.3 Å². The third-order valence-corrected chi connectivity index (χ3v) is 4.56. The molecule has 0 aliphatic carbocycles. The average Bonchev–Trinajstić information content (AvgIpc) is 3.13. The lowest BCUT2D eigenvalue weighted by molar-refractivity contribution is 0.102. The summed E-state index contributed by atoms with van der Waals surface area (Å²) in [7, 11) is 0. The van der Waals surface area contributed by atoms with Crippen molar-refractivity contribution in [1.82, 2.24) is 10.2 Å². The zero-order valence-corrected chi connectivity index (χ0v) is 14.8. The lowest BCUT2D eigenvalue weighted by Crippen LogP contribution is -2.13. The first-order valence-corrected chi connectivity index (χ1v) is 8.61. The molecule has 0 radical (unpaired) electrons. The van der Waals surface area contributed by atoms with E-state index in [-0.39, 0.29) is 5.91 Å². The van der Waals surface area contributed by atoms with E-state index in [1.54, 1.807) is 18.2 Å². The highest BCUT2D eigenvalue weighted by atomic mass is 35.5. The van der Waals surface area contributed by atoms with Crippen LogP contribution in [-0.4, -0.2) is 16.1 Å². The van der Waals surface area contributed by atoms with Crippen LogP contribution in [0.4, 0.5) is 5.69 Å². The Morgan fingerprint density at radius 3 is 2.69 bits per heavy atom. The van der Waals surface area contributed by atoms with E-state index < -0.39 is 0 Å². The standard InChI is InChI=1S/C21H16ClN3O/c1-13-11-15(22)9-10-18(13)23-21(26)20-12-19(24-25-20)17-8-4-6-14-5-2-3-7-16(14)17/h2-12H,1H3,(H,23,26)(H,24,25). The van der Waals surface area contributed by atoms with Gasteiger partial charge in [0.25, 0.3) is 5.91 Å². The Hall–Kier alpha value is -3.11. The number of aromatic nitrogens is 2. The molecule has 4 nitrogen and oxygen atoms in total. The quantitative estimate of drug-likeness (QED) is 0.510. The van der Waals surface area contributed by atoms with E-state index in [4.69, 9.17) is 11.6 Å². The molecule has 2 N–H and O–H groups in total. The maximum absolute atomic E-state index is 12.5. The number of hydrogen-bond donors (Lipinski definition) is 2. The van der Waals surface area contributed by atoms with Crippen molar-refractivity contribution in [2.75, 3.05) is 5.32 Å². The predicted octanol–water partition coefficient (Wildman–Crippen LogP) is 5.44. The van der Waals surface area contributed by atoms with Gasteiger partial charge in [-0.2, -0.15) is 5.10 Å². The number of benzene rings is 3. The summed E-state index contributed by atoms with van der Waals surface area (Å²) < 4.78 is 0. The van der Waals surface area contributed by atoms with E-state index in [2.05, 4.69) is 33.7 Å². The second-order valence-electron chi connectivity index (χ2n) is 6.11. The Bertz CT molecular complexity index is 1110. The second-order valence-corrected chi connectivity index (χ2v) is 6.54. The minimum Gasteiger partial charge on any atom is -0.320 e. The molecule has 0 bridgehead atoms. The van der Waals surface area contributed by atoms with Gasteiger partial charge in [0.2, 0.25) is 0 Å². The topological polar surface area (TPSA) is 57.8 Å². The summed E-state index contributed by atoms with van der Waals surface area (Å²) in [6.07, 6.45) is 0. The molecule has 26 heavy (non-hydrogen) atoms. The summed E-state index contributed by atoms with van der Waals surface area (Å²) in [5, 5.41) is 12.9. The van der Waals surface area contributed by atoms with Gasteiger partial charge >= 0.3 is 0 Å². The van der Waals surface area contributed by atoms with Crippen molar-refractivity contribution >= 4 is 34.0 Å². The molecule has 0 saturated heterocycles. The van der Waals surface area contributed by atoms with Crippen molar-refractivity contribution in [3.63, 3.8) is 0 Å². The van der Waals surface area contributed by atoms with Crippen molar-refractivity contribution in [2.45, 2.75) is 6.92 Å². The highest BCUT2D eigenvalue weighted by Gasteiger charge is 2.13. The van der Waals surface area contributed by atoms with Gasteiger partial charge in [0.05, 0.1) is 5.69 Å². The Morgan fingerprint density at radius 1 is 1.04 bits per heavy atom. The van der Waals surface area contributed by atoms with Crippen LogP contribution >= 0.6 is 11.6 Å². The first-order chi connectivity index (χ1) is 12.6. The Kier molecular flexibility index (Phi) is 4.19. The molecule has 0 saturated carbocycles. The van der Waals surface area contributed by atoms with Crippen molar-refractivity contribution in [3.8, 4) is 11.3 Å². The zero-order chi connectivity index (χ0) is 18.1. The first kappa shape index (κ1) is 16.4. The van der Waals surface area contributed by atoms with Crippen molar-refractivity contribution < 1.29 is 4.79 Å². The molecule has 3 aromatic carbocycles. The van der Waals surface area contributed by atoms with Crippen LogP contribution in [0.15, 0.2) is 66.7 Å². The fraction of sp³-hybridized carbons (Fsp3) is 0.0476. The molecular weight excluding hydrogens is 346 g/mol. The predicted molar refractivity (Wildman–Crippen MR) is 106 cm³/mol. The number of carbonyl (C=O) groups is 1. The molecule has 4 aromatic rings. The molecule has 5 heteroatoms. The van der Waals surface area contributed by atoms with Crippen molar-refractivity contribution in [2.24, 2.45) is 0 Å². The number of fused-ring (bicyclic) bond motifs is 1. The van der Waals surface area contributed by atoms with Gasteiger partial charge in [-0.3, -0.25) is 9.89 Å². The summed E-state index contributed by atoms with van der Waals surface area (Å²) >= 11 is 5.96. The van der Waals surface area contributed by atoms with Crippen LogP contribution in [0, 0.1) is 6.92 Å². The van der Waals surface area contributed by atoms with Crippen LogP contribution in [0.1, 0.15) is 16.1 Å². The van der Waals surface area contributed by atoms with Crippen LogP contribution in [0.5, 0.6) is 0 Å². The number of aryl methyl sites for hydroxylation is 1. The van der Waals surface area contributed by atoms with Crippen LogP contribution in [0.2, 0.25) is 5.02 Å². The molecule has 4 rings (SSSR count). The average molecular weight is 362 g/mol. The molecule has 0 aliphatic rings. The number of hydrogen-bond acceptors (Lipinski definition) is 2. The number of halogens is 1. The minimum absolute atomic E-state index is 0.241. The van der Waals surface area contributed by atoms with Crippen molar-refractivity contribution in [3.05, 3.63) is 83.0 Å². The smallest absolute Gasteiger partial charge is 0.273 e. The number of carbonyl (C=O) groups excluding carboxylic acids is 1. The molecule has 0 aliphatic heterocycles. The van der Waals surface area contributed by atoms with Gasteiger partial charge in [-0.1, -0.05) is 54.1 Å². The van der Waals surface area contributed by atoms with Gasteiger partial charge in [-0.05, 0) is 47.5 Å². The normalized spacial score (nSPS) is 10.8. The van der Waals surface area contributed by atoms with Gasteiger partial charge in [0.15, 0.2) is 0 Å². The zero-order valence-electron chi connectivity index (χ0n) is 14.1. The Balaban J connectivity index is 1.64. The largest absolute Gasteiger partial charge is 0.320 e. The van der Waals surface area contributed by atoms with Gasteiger partial charge in [-0.15, -0.1) is 0 Å². The number of rotatable bonds is 3. The molecule has 0 unspecified atom stereocenters. The lowest BCUT2D eigenvalue weighted by atomic mass is 10.0. The SMILES string of the molecule is Cc1cc(Cl)ccc1NC(=O)c1cc(-c2cccc3ccccc23)n[nH]1. The number of anilines is 1. The van der Waals surface area contributed by atoms with Gasteiger partial charge in [-0.25, -0.2) is 0 Å². The number of aromatic amines is 1. The molecule has 1 heterocycles. The Morgan fingerprint density at radius 2 is 1.85 bits per heavy atom. The Labute approximate surface area is 155 Å². The fourth-order valence-electron chi connectivity index (χ4n) is 2.98. The third-order valence-electron chi connectivity index (χ3n) is 4.32. The summed E-state index contributed by atoms with van der Waals surface area (Å²) in [5.41, 5.74) is 3.75. The fourth-order valence-corrected chi connectivity index (χ4v) is 3.21. The van der Waals surface area contributed by atoms with E-state index in [9.17, 15) is 4.79 Å². The van der Waals surface area contributed by atoms with E-state index >= 15 is 0 Å². The van der Waals surface area contributed by atoms with Crippen LogP contribution < -0.4 is 5.32 Å². The number of H-pyrrole nitrogens is 1. The highest BCUT2D eigenvalue weighted by Crippen LogP contribution is 2.28. The molecular formula is C21H16ClN3O. The second kappa shape index (κ2) is 6.65. The number of nitrogens with zero attached hydrogens (tertiary/aromatic N) is 1. The number of amides is 1. The maximum atomic E-state index is 12.5. The van der Waals surface area contributed by atoms with Gasteiger partial charge in [0.1, 0.15) is 5.69 Å². The summed E-state index contributed by atoms with van der Waals surface area (Å²) in [5.74, 6) is -0.241. The van der Waals surface area contributed by atoms with E-state index in [0.717, 1.165) is 33.3 Å². The monoisotopic (exact) mass is 361 g/mol. The molecule has 0 spiro atoms. The van der Waals surface area contributed by atoms with Crippen LogP contribution in [-0.2, 0) is 0 Å². The molecule has 1 aromatic heterocycles. The molecule has 0 fully saturated rings. The van der Waals surface area contributed by atoms with E-state index in [0.29, 0.717) is 10.7 Å². The van der Waals surface area contributed by atoms with Gasteiger partial charge < -0.3 is 5.32 Å². The van der Waals surface area contributed by atoms with E-state index in [1.165, 1.54) is 0 Å². The highest BCUT2D eigenvalue weighted by molar-refractivity contribution is 6.30. The minimum atomic E-state index is -0.241. The van der Waals surface area contributed by atoms with Crippen LogP contribution in [0.3, 0.4) is 0 Å².